The molecule has 2 aromatic rings. The summed E-state index contributed by atoms with van der Waals surface area (Å²) in [7, 11) is 0. The van der Waals surface area contributed by atoms with Gasteiger partial charge in [0.1, 0.15) is 5.69 Å². The highest BCUT2D eigenvalue weighted by Crippen LogP contribution is 2.11. The lowest BCUT2D eigenvalue weighted by molar-refractivity contribution is -0.121. The maximum absolute atomic E-state index is 12.3. The fourth-order valence-corrected chi connectivity index (χ4v) is 2.88. The number of amides is 1. The lowest BCUT2D eigenvalue weighted by atomic mass is 10.2. The number of nitrogens with zero attached hydrogens (tertiary/aromatic N) is 2. The van der Waals surface area contributed by atoms with Crippen molar-refractivity contribution in [3.05, 3.63) is 40.3 Å². The second-order valence-electron chi connectivity index (χ2n) is 5.83. The van der Waals surface area contributed by atoms with E-state index in [4.69, 9.17) is 4.74 Å². The SMILES string of the molecule is Cc1nc2ccccc2n(CCC(=O)NCC2CCCO2)c1=O. The van der Waals surface area contributed by atoms with E-state index in [1.807, 2.05) is 24.3 Å². The number of hydrogen-bond donors (Lipinski definition) is 1. The van der Waals surface area contributed by atoms with Crippen LogP contribution in [0.1, 0.15) is 25.0 Å². The van der Waals surface area contributed by atoms with Crippen LogP contribution in [0.25, 0.3) is 11.0 Å². The predicted octanol–water partition coefficient (Wildman–Crippen LogP) is 1.39. The third-order valence-electron chi connectivity index (χ3n) is 4.13. The summed E-state index contributed by atoms with van der Waals surface area (Å²) < 4.78 is 7.11. The standard InChI is InChI=1S/C17H21N3O3/c1-12-17(22)20(15-7-3-2-6-14(15)19-12)9-8-16(21)18-11-13-5-4-10-23-13/h2-3,6-7,13H,4-5,8-11H2,1H3,(H,18,21). The summed E-state index contributed by atoms with van der Waals surface area (Å²) in [4.78, 5) is 28.6. The Labute approximate surface area is 134 Å². The van der Waals surface area contributed by atoms with Gasteiger partial charge >= 0.3 is 0 Å². The van der Waals surface area contributed by atoms with Crippen LogP contribution < -0.4 is 10.9 Å². The van der Waals surface area contributed by atoms with E-state index in [-0.39, 0.29) is 24.0 Å². The zero-order valence-corrected chi connectivity index (χ0v) is 13.2. The second-order valence-corrected chi connectivity index (χ2v) is 5.83. The average molecular weight is 315 g/mol. The van der Waals surface area contributed by atoms with Gasteiger partial charge < -0.3 is 14.6 Å². The monoisotopic (exact) mass is 315 g/mol. The summed E-state index contributed by atoms with van der Waals surface area (Å²) in [5, 5.41) is 2.88. The van der Waals surface area contributed by atoms with Crippen LogP contribution in [0.3, 0.4) is 0 Å². The molecule has 0 bridgehead atoms. The Balaban J connectivity index is 1.67. The molecule has 1 atom stereocenters. The van der Waals surface area contributed by atoms with Crippen molar-refractivity contribution < 1.29 is 9.53 Å². The lowest BCUT2D eigenvalue weighted by Crippen LogP contribution is -2.33. The third-order valence-corrected chi connectivity index (χ3v) is 4.13. The molecule has 6 nitrogen and oxygen atoms in total. The number of carbonyl (C=O) groups excluding carboxylic acids is 1. The first-order valence-corrected chi connectivity index (χ1v) is 7.99. The summed E-state index contributed by atoms with van der Waals surface area (Å²) in [6.07, 6.45) is 2.44. The molecule has 6 heteroatoms. The van der Waals surface area contributed by atoms with Crippen LogP contribution in [0.5, 0.6) is 0 Å². The number of carbonyl (C=O) groups is 1. The van der Waals surface area contributed by atoms with Crippen LogP contribution in [0, 0.1) is 6.92 Å². The van der Waals surface area contributed by atoms with Crippen LogP contribution in [0.2, 0.25) is 0 Å². The maximum Gasteiger partial charge on any atom is 0.272 e. The van der Waals surface area contributed by atoms with Crippen LogP contribution in [0.15, 0.2) is 29.1 Å². The molecule has 0 spiro atoms. The molecule has 23 heavy (non-hydrogen) atoms. The van der Waals surface area contributed by atoms with E-state index >= 15 is 0 Å². The van der Waals surface area contributed by atoms with E-state index in [2.05, 4.69) is 10.3 Å². The number of benzene rings is 1. The molecule has 2 heterocycles. The first-order chi connectivity index (χ1) is 11.1. The van der Waals surface area contributed by atoms with E-state index in [9.17, 15) is 9.59 Å². The molecule has 122 valence electrons. The van der Waals surface area contributed by atoms with Crippen LogP contribution in [0.4, 0.5) is 0 Å². The number of nitrogens with one attached hydrogen (secondary N) is 1. The minimum Gasteiger partial charge on any atom is -0.376 e. The number of ether oxygens (including phenoxy) is 1. The smallest absolute Gasteiger partial charge is 0.272 e. The Kier molecular flexibility index (Phi) is 4.71. The number of aryl methyl sites for hydroxylation is 2. The molecule has 1 unspecified atom stereocenters. The highest BCUT2D eigenvalue weighted by atomic mass is 16.5. The number of rotatable bonds is 5. The minimum atomic E-state index is -0.143. The highest BCUT2D eigenvalue weighted by Gasteiger charge is 2.16. The summed E-state index contributed by atoms with van der Waals surface area (Å²) in [5.74, 6) is -0.0639. The van der Waals surface area contributed by atoms with Crippen LogP contribution >= 0.6 is 0 Å². The van der Waals surface area contributed by atoms with E-state index in [1.165, 1.54) is 0 Å². The third kappa shape index (κ3) is 3.59. The zero-order valence-electron chi connectivity index (χ0n) is 13.2. The van der Waals surface area contributed by atoms with Crippen LogP contribution in [-0.4, -0.2) is 34.7 Å². The Morgan fingerprint density at radius 3 is 3.04 bits per heavy atom. The average Bonchev–Trinajstić information content (AvgIpc) is 3.07. The van der Waals surface area contributed by atoms with Gasteiger partial charge in [0.2, 0.25) is 5.91 Å². The van der Waals surface area contributed by atoms with Crippen molar-refractivity contribution in [3.8, 4) is 0 Å². The van der Waals surface area contributed by atoms with Gasteiger partial charge in [0.15, 0.2) is 0 Å². The molecule has 0 aliphatic carbocycles. The van der Waals surface area contributed by atoms with Gasteiger partial charge in [-0.1, -0.05) is 12.1 Å². The number of fused-ring (bicyclic) bond motifs is 1. The fraction of sp³-hybridized carbons (Fsp3) is 0.471. The summed E-state index contributed by atoms with van der Waals surface area (Å²) in [6.45, 7) is 3.37. The van der Waals surface area contributed by atoms with Crippen molar-refractivity contribution in [2.24, 2.45) is 0 Å². The highest BCUT2D eigenvalue weighted by molar-refractivity contribution is 5.77. The molecule has 1 saturated heterocycles. The van der Waals surface area contributed by atoms with Gasteiger partial charge in [0.25, 0.3) is 5.56 Å². The molecule has 1 aromatic heterocycles. The molecule has 0 saturated carbocycles. The van der Waals surface area contributed by atoms with Crippen molar-refractivity contribution in [3.63, 3.8) is 0 Å². The lowest BCUT2D eigenvalue weighted by Gasteiger charge is -2.13. The van der Waals surface area contributed by atoms with E-state index in [0.717, 1.165) is 30.5 Å². The Hall–Kier alpha value is -2.21. The van der Waals surface area contributed by atoms with E-state index in [0.29, 0.717) is 18.8 Å². The molecule has 1 aliphatic heterocycles. The van der Waals surface area contributed by atoms with Crippen molar-refractivity contribution in [1.29, 1.82) is 0 Å². The summed E-state index contributed by atoms with van der Waals surface area (Å²) >= 11 is 0. The van der Waals surface area contributed by atoms with Crippen molar-refractivity contribution >= 4 is 16.9 Å². The molecular formula is C17H21N3O3. The van der Waals surface area contributed by atoms with Gasteiger partial charge in [0.05, 0.1) is 17.1 Å². The molecule has 3 rings (SSSR count). The van der Waals surface area contributed by atoms with Crippen LogP contribution in [-0.2, 0) is 16.1 Å². The Morgan fingerprint density at radius 1 is 1.43 bits per heavy atom. The molecule has 1 fully saturated rings. The molecule has 1 amide bonds. The van der Waals surface area contributed by atoms with Crippen molar-refractivity contribution in [1.82, 2.24) is 14.9 Å². The molecule has 1 N–H and O–H groups in total. The topological polar surface area (TPSA) is 73.2 Å². The summed E-state index contributed by atoms with van der Waals surface area (Å²) in [6, 6.07) is 7.48. The normalized spacial score (nSPS) is 17.5. The molecule has 1 aromatic carbocycles. The summed E-state index contributed by atoms with van der Waals surface area (Å²) in [5.41, 5.74) is 1.83. The largest absolute Gasteiger partial charge is 0.376 e. The van der Waals surface area contributed by atoms with Gasteiger partial charge in [-0.15, -0.1) is 0 Å². The minimum absolute atomic E-state index is 0.0639. The number of hydrogen-bond acceptors (Lipinski definition) is 4. The first kappa shape index (κ1) is 15.7. The Morgan fingerprint density at radius 2 is 2.26 bits per heavy atom. The number of para-hydroxylation sites is 2. The number of aromatic nitrogens is 2. The Bertz CT molecular complexity index is 763. The van der Waals surface area contributed by atoms with Gasteiger partial charge in [-0.25, -0.2) is 4.98 Å². The molecule has 1 aliphatic rings. The van der Waals surface area contributed by atoms with E-state index in [1.54, 1.807) is 11.5 Å². The second kappa shape index (κ2) is 6.91. The quantitative estimate of drug-likeness (QED) is 0.905. The fourth-order valence-electron chi connectivity index (χ4n) is 2.88. The van der Waals surface area contributed by atoms with Gasteiger partial charge in [-0.3, -0.25) is 9.59 Å². The maximum atomic E-state index is 12.3. The van der Waals surface area contributed by atoms with Crippen molar-refractivity contribution in [2.75, 3.05) is 13.2 Å². The van der Waals surface area contributed by atoms with Gasteiger partial charge in [-0.05, 0) is 31.9 Å². The predicted molar refractivity (Wildman–Crippen MR) is 87.3 cm³/mol. The van der Waals surface area contributed by atoms with Gasteiger partial charge in [0, 0.05) is 26.1 Å². The first-order valence-electron chi connectivity index (χ1n) is 7.99. The molecular weight excluding hydrogens is 294 g/mol. The zero-order chi connectivity index (χ0) is 16.2. The van der Waals surface area contributed by atoms with E-state index < -0.39 is 0 Å². The van der Waals surface area contributed by atoms with Gasteiger partial charge in [-0.2, -0.15) is 0 Å². The van der Waals surface area contributed by atoms with Crippen molar-refractivity contribution in [2.45, 2.75) is 38.8 Å². The molecule has 0 radical (unpaired) electrons.